The Kier molecular flexibility index (Phi) is 8.22. The van der Waals surface area contributed by atoms with Crippen LogP contribution in [-0.2, 0) is 9.53 Å². The van der Waals surface area contributed by atoms with Crippen LogP contribution >= 0.6 is 22.7 Å². The van der Waals surface area contributed by atoms with E-state index in [2.05, 4.69) is 5.32 Å². The number of carbonyl (C=O) groups excluding carboxylic acids is 3. The first-order valence-corrected chi connectivity index (χ1v) is 15.0. The van der Waals surface area contributed by atoms with Gasteiger partial charge in [-0.25, -0.2) is 9.78 Å². The van der Waals surface area contributed by atoms with Crippen LogP contribution in [0.3, 0.4) is 0 Å². The van der Waals surface area contributed by atoms with E-state index in [1.807, 2.05) is 67.9 Å². The maximum absolute atomic E-state index is 13.4. The number of ether oxygens (including phenoxy) is 1. The van der Waals surface area contributed by atoms with Crippen LogP contribution in [-0.4, -0.2) is 59.1 Å². The Morgan fingerprint density at radius 3 is 2.75 bits per heavy atom. The number of thiophene rings is 1. The number of aromatic nitrogens is 1. The Labute approximate surface area is 240 Å². The Bertz CT molecular complexity index is 1450. The summed E-state index contributed by atoms with van der Waals surface area (Å²) in [6, 6.07) is 13.2. The van der Waals surface area contributed by atoms with Crippen molar-refractivity contribution in [2.75, 3.05) is 24.5 Å². The van der Waals surface area contributed by atoms with Gasteiger partial charge < -0.3 is 19.4 Å². The lowest BCUT2D eigenvalue weighted by Gasteiger charge is -2.22. The van der Waals surface area contributed by atoms with E-state index in [1.54, 1.807) is 15.9 Å². The van der Waals surface area contributed by atoms with E-state index in [9.17, 15) is 14.4 Å². The summed E-state index contributed by atoms with van der Waals surface area (Å²) < 4.78 is 11.3. The normalized spacial score (nSPS) is 15.4. The molecular formula is C29H32N4O5S2. The monoisotopic (exact) mass is 580 g/mol. The molecule has 1 aliphatic heterocycles. The summed E-state index contributed by atoms with van der Waals surface area (Å²) in [6.45, 7) is 6.81. The SMILES string of the molecule is CC(C)(C)OC(=O)NC1CCN(C(=O)CCCN(C(=O)c2cccs2)c2nc(-c3cc4ccccc4o3)cs2)C1. The van der Waals surface area contributed by atoms with Gasteiger partial charge in [-0.3, -0.25) is 14.5 Å². The molecule has 0 saturated carbocycles. The molecule has 1 atom stereocenters. The molecule has 210 valence electrons. The van der Waals surface area contributed by atoms with E-state index in [0.717, 1.165) is 11.0 Å². The Hall–Kier alpha value is -3.70. The molecule has 1 saturated heterocycles. The number of likely N-dealkylation sites (tertiary alicyclic amines) is 1. The van der Waals surface area contributed by atoms with E-state index in [1.165, 1.54) is 22.7 Å². The van der Waals surface area contributed by atoms with Crippen molar-refractivity contribution in [3.63, 3.8) is 0 Å². The Morgan fingerprint density at radius 1 is 1.18 bits per heavy atom. The zero-order chi connectivity index (χ0) is 28.3. The number of thiazole rings is 1. The first-order chi connectivity index (χ1) is 19.2. The van der Waals surface area contributed by atoms with E-state index >= 15 is 0 Å². The topological polar surface area (TPSA) is 105 Å². The zero-order valence-electron chi connectivity index (χ0n) is 22.7. The number of nitrogens with one attached hydrogen (secondary N) is 1. The van der Waals surface area contributed by atoms with Gasteiger partial charge in [-0.05, 0) is 57.2 Å². The van der Waals surface area contributed by atoms with Crippen LogP contribution in [0.25, 0.3) is 22.4 Å². The largest absolute Gasteiger partial charge is 0.454 e. The van der Waals surface area contributed by atoms with Crippen molar-refractivity contribution in [3.8, 4) is 11.5 Å². The van der Waals surface area contributed by atoms with Gasteiger partial charge >= 0.3 is 6.09 Å². The molecule has 1 unspecified atom stereocenters. The number of furan rings is 1. The van der Waals surface area contributed by atoms with Crippen LogP contribution in [0.2, 0.25) is 0 Å². The Morgan fingerprint density at radius 2 is 2.00 bits per heavy atom. The second-order valence-corrected chi connectivity index (χ2v) is 12.5. The maximum Gasteiger partial charge on any atom is 0.407 e. The van der Waals surface area contributed by atoms with E-state index in [0.29, 0.717) is 53.9 Å². The summed E-state index contributed by atoms with van der Waals surface area (Å²) in [5.74, 6) is 0.501. The van der Waals surface area contributed by atoms with Gasteiger partial charge in [-0.15, -0.1) is 22.7 Å². The standard InChI is InChI=1S/C29H32N4O5S2/c1-29(2,3)38-28(36)30-20-12-14-32(17-20)25(34)11-6-13-33(26(35)24-10-7-15-39-24)27-31-21(18-40-27)23-16-19-8-4-5-9-22(19)37-23/h4-5,7-10,15-16,18,20H,6,11-14,17H2,1-3H3,(H,30,36). The zero-order valence-corrected chi connectivity index (χ0v) is 24.3. The number of fused-ring (bicyclic) bond motifs is 1. The molecule has 1 aliphatic rings. The van der Waals surface area contributed by atoms with Crippen LogP contribution in [0.15, 0.2) is 57.6 Å². The average molecular weight is 581 g/mol. The molecule has 4 aromatic rings. The molecular weight excluding hydrogens is 548 g/mol. The van der Waals surface area contributed by atoms with Crippen molar-refractivity contribution in [1.82, 2.24) is 15.2 Å². The number of amides is 3. The number of benzene rings is 1. The number of rotatable bonds is 8. The number of anilines is 1. The molecule has 9 nitrogen and oxygen atoms in total. The molecule has 1 aromatic carbocycles. The van der Waals surface area contributed by atoms with Crippen molar-refractivity contribution in [2.24, 2.45) is 0 Å². The maximum atomic E-state index is 13.4. The van der Waals surface area contributed by atoms with Crippen LogP contribution < -0.4 is 10.2 Å². The number of carbonyl (C=O) groups is 3. The first-order valence-electron chi connectivity index (χ1n) is 13.2. The van der Waals surface area contributed by atoms with Crippen molar-refractivity contribution >= 4 is 56.7 Å². The highest BCUT2D eigenvalue weighted by molar-refractivity contribution is 7.14. The van der Waals surface area contributed by atoms with Crippen molar-refractivity contribution in [1.29, 1.82) is 0 Å². The van der Waals surface area contributed by atoms with Gasteiger partial charge in [0.2, 0.25) is 5.91 Å². The van der Waals surface area contributed by atoms with Crippen molar-refractivity contribution in [3.05, 3.63) is 58.1 Å². The summed E-state index contributed by atoms with van der Waals surface area (Å²) in [5.41, 5.74) is 0.869. The highest BCUT2D eigenvalue weighted by Gasteiger charge is 2.29. The van der Waals surface area contributed by atoms with Gasteiger partial charge in [-0.1, -0.05) is 24.3 Å². The molecule has 0 radical (unpaired) electrons. The quantitative estimate of drug-likeness (QED) is 0.267. The average Bonchev–Trinajstić information content (AvgIpc) is 3.71. The third kappa shape index (κ3) is 6.71. The summed E-state index contributed by atoms with van der Waals surface area (Å²) in [6.07, 6.45) is 0.975. The van der Waals surface area contributed by atoms with Gasteiger partial charge in [0.05, 0.1) is 10.9 Å². The lowest BCUT2D eigenvalue weighted by atomic mass is 10.2. The van der Waals surface area contributed by atoms with Gasteiger partial charge in [0.1, 0.15) is 16.9 Å². The molecule has 5 rings (SSSR count). The second-order valence-electron chi connectivity index (χ2n) is 10.7. The number of alkyl carbamates (subject to hydrolysis) is 1. The molecule has 0 aliphatic carbocycles. The van der Waals surface area contributed by atoms with Crippen LogP contribution in [0.5, 0.6) is 0 Å². The van der Waals surface area contributed by atoms with E-state index in [-0.39, 0.29) is 24.3 Å². The second kappa shape index (κ2) is 11.8. The molecule has 1 fully saturated rings. The summed E-state index contributed by atoms with van der Waals surface area (Å²) in [7, 11) is 0. The van der Waals surface area contributed by atoms with Gasteiger partial charge in [-0.2, -0.15) is 0 Å². The van der Waals surface area contributed by atoms with Gasteiger partial charge in [0.15, 0.2) is 10.9 Å². The first kappa shape index (κ1) is 27.9. The fourth-order valence-electron chi connectivity index (χ4n) is 4.55. The smallest absolute Gasteiger partial charge is 0.407 e. The van der Waals surface area contributed by atoms with Crippen LogP contribution in [0.1, 0.15) is 49.7 Å². The fourth-order valence-corrected chi connectivity index (χ4v) is 6.06. The number of para-hydroxylation sites is 1. The number of nitrogens with zero attached hydrogens (tertiary/aromatic N) is 3. The predicted octanol–water partition coefficient (Wildman–Crippen LogP) is 6.17. The summed E-state index contributed by atoms with van der Waals surface area (Å²) in [5, 5.41) is 8.15. The lowest BCUT2D eigenvalue weighted by Crippen LogP contribution is -2.41. The third-order valence-electron chi connectivity index (χ3n) is 6.41. The third-order valence-corrected chi connectivity index (χ3v) is 8.13. The lowest BCUT2D eigenvalue weighted by molar-refractivity contribution is -0.130. The molecule has 0 bridgehead atoms. The minimum absolute atomic E-state index is 0.000820. The molecule has 3 aromatic heterocycles. The van der Waals surface area contributed by atoms with E-state index in [4.69, 9.17) is 14.1 Å². The molecule has 1 N–H and O–H groups in total. The molecule has 3 amide bonds. The predicted molar refractivity (Wildman–Crippen MR) is 157 cm³/mol. The van der Waals surface area contributed by atoms with Gasteiger partial charge in [0.25, 0.3) is 5.91 Å². The fraction of sp³-hybridized carbons (Fsp3) is 0.379. The van der Waals surface area contributed by atoms with Gasteiger partial charge in [0, 0.05) is 36.8 Å². The number of hydrogen-bond donors (Lipinski definition) is 1. The number of hydrogen-bond acceptors (Lipinski definition) is 8. The minimum Gasteiger partial charge on any atom is -0.454 e. The highest BCUT2D eigenvalue weighted by atomic mass is 32.1. The molecule has 11 heteroatoms. The van der Waals surface area contributed by atoms with Crippen molar-refractivity contribution in [2.45, 2.75) is 51.7 Å². The summed E-state index contributed by atoms with van der Waals surface area (Å²) >= 11 is 2.75. The summed E-state index contributed by atoms with van der Waals surface area (Å²) in [4.78, 5) is 47.2. The Balaban J connectivity index is 1.21. The molecule has 40 heavy (non-hydrogen) atoms. The van der Waals surface area contributed by atoms with Crippen LogP contribution in [0, 0.1) is 0 Å². The van der Waals surface area contributed by atoms with Crippen LogP contribution in [0.4, 0.5) is 9.93 Å². The van der Waals surface area contributed by atoms with E-state index < -0.39 is 11.7 Å². The molecule has 0 spiro atoms. The molecule has 4 heterocycles. The van der Waals surface area contributed by atoms with Crippen molar-refractivity contribution < 1.29 is 23.5 Å². The highest BCUT2D eigenvalue weighted by Crippen LogP contribution is 2.32. The minimum atomic E-state index is -0.575.